The molecule has 43 heavy (non-hydrogen) atoms. The first kappa shape index (κ1) is 40.9. The maximum absolute atomic E-state index is 12.4. The predicted octanol–water partition coefficient (Wildman–Crippen LogP) is 7.45. The molecule has 0 unspecified atom stereocenters. The summed E-state index contributed by atoms with van der Waals surface area (Å²) in [5, 5.41) is 4.67. The Labute approximate surface area is 324 Å². The number of hydrogen-bond acceptors (Lipinski definition) is 3. The molecular formula is C31H28F6N3Y3-3. The molecule has 12 heteroatoms. The van der Waals surface area contributed by atoms with E-state index in [1.165, 1.54) is 24.3 Å². The number of fused-ring (bicyclic) bond motifs is 3. The molecule has 0 amide bonds. The first-order valence-electron chi connectivity index (χ1n) is 12.8. The minimum Gasteiger partial charge on any atom is -0.315 e. The Morgan fingerprint density at radius 2 is 1.33 bits per heavy atom. The summed E-state index contributed by atoms with van der Waals surface area (Å²) in [5.41, 5.74) is 4.30. The van der Waals surface area contributed by atoms with Crippen molar-refractivity contribution in [1.82, 2.24) is 15.2 Å². The van der Waals surface area contributed by atoms with Crippen LogP contribution >= 0.6 is 0 Å². The molecule has 0 bridgehead atoms. The van der Waals surface area contributed by atoms with Gasteiger partial charge in [0, 0.05) is 111 Å². The fraction of sp³-hybridized carbons (Fsp3) is 0.323. The van der Waals surface area contributed by atoms with Crippen molar-refractivity contribution in [3.05, 3.63) is 112 Å². The van der Waals surface area contributed by atoms with Gasteiger partial charge in [0.15, 0.2) is 0 Å². The van der Waals surface area contributed by atoms with Gasteiger partial charge in [-0.05, 0) is 32.9 Å². The number of aromatic nitrogens is 1. The largest absolute Gasteiger partial charge is 0.315 e. The van der Waals surface area contributed by atoms with E-state index in [4.69, 9.17) is 0 Å². The van der Waals surface area contributed by atoms with Crippen LogP contribution in [0, 0.1) is 18.2 Å². The number of halogens is 6. The molecule has 1 aromatic heterocycles. The fourth-order valence-corrected chi connectivity index (χ4v) is 4.45. The summed E-state index contributed by atoms with van der Waals surface area (Å²) >= 11 is 0. The van der Waals surface area contributed by atoms with Crippen LogP contribution < -0.4 is 5.32 Å². The molecule has 2 aliphatic rings. The van der Waals surface area contributed by atoms with Gasteiger partial charge in [-0.2, -0.15) is 36.4 Å². The Hall–Kier alpha value is -0.118. The average Bonchev–Trinajstić information content (AvgIpc) is 2.97. The van der Waals surface area contributed by atoms with Crippen LogP contribution in [0.2, 0.25) is 0 Å². The molecule has 2 aliphatic heterocycles. The maximum Gasteiger partial charge on any atom is 0.232 e. The molecule has 221 valence electrons. The number of likely N-dealkylation sites (N-methyl/N-ethyl adjacent to an activating group) is 1. The predicted molar refractivity (Wildman–Crippen MR) is 141 cm³/mol. The molecule has 0 spiro atoms. The second-order valence-corrected chi connectivity index (χ2v) is 9.59. The van der Waals surface area contributed by atoms with Gasteiger partial charge < -0.3 is 15.2 Å². The van der Waals surface area contributed by atoms with Crippen LogP contribution in [0.1, 0.15) is 58.2 Å². The van der Waals surface area contributed by atoms with E-state index in [1.54, 1.807) is 30.6 Å². The van der Waals surface area contributed by atoms with Crippen LogP contribution in [0.5, 0.6) is 0 Å². The molecule has 6 rings (SSSR count). The van der Waals surface area contributed by atoms with E-state index in [0.29, 0.717) is 0 Å². The summed E-state index contributed by atoms with van der Waals surface area (Å²) in [4.78, 5) is 6.04. The van der Waals surface area contributed by atoms with Gasteiger partial charge in [-0.1, -0.05) is 35.6 Å². The summed E-state index contributed by atoms with van der Waals surface area (Å²) in [6.07, 6.45) is -2.34. The molecule has 3 nitrogen and oxygen atoms in total. The van der Waals surface area contributed by atoms with Crippen LogP contribution in [0.3, 0.4) is 0 Å². The van der Waals surface area contributed by atoms with Gasteiger partial charge in [-0.3, -0.25) is 0 Å². The summed E-state index contributed by atoms with van der Waals surface area (Å²) in [5.74, 6) is 0. The number of hydrogen-bond donors (Lipinski definition) is 1. The number of pyridine rings is 1. The smallest absolute Gasteiger partial charge is 0.232 e. The molecule has 0 aliphatic carbocycles. The second kappa shape index (κ2) is 20.2. The summed E-state index contributed by atoms with van der Waals surface area (Å²) < 4.78 is 73.9. The molecule has 3 radical (unpaired) electrons. The van der Waals surface area contributed by atoms with Crippen LogP contribution in [0.15, 0.2) is 54.9 Å². The van der Waals surface area contributed by atoms with E-state index >= 15 is 0 Å². The van der Waals surface area contributed by atoms with Gasteiger partial charge >= 0.3 is 0 Å². The molecule has 0 atom stereocenters. The van der Waals surface area contributed by atoms with Crippen molar-refractivity contribution in [2.24, 2.45) is 0 Å². The molecule has 0 saturated heterocycles. The number of nitrogens with zero attached hydrogens (tertiary/aromatic N) is 2. The van der Waals surface area contributed by atoms with Crippen molar-refractivity contribution in [3.63, 3.8) is 0 Å². The van der Waals surface area contributed by atoms with Gasteiger partial charge in [0.2, 0.25) is 19.3 Å². The quantitative estimate of drug-likeness (QED) is 0.172. The zero-order valence-electron chi connectivity index (χ0n) is 23.6. The third-order valence-corrected chi connectivity index (χ3v) is 6.67. The molecule has 4 aromatic rings. The minimum atomic E-state index is -2.44. The third-order valence-electron chi connectivity index (χ3n) is 6.67. The van der Waals surface area contributed by atoms with Crippen molar-refractivity contribution in [2.75, 3.05) is 20.1 Å². The van der Waals surface area contributed by atoms with Crippen LogP contribution in [0.4, 0.5) is 26.3 Å². The summed E-state index contributed by atoms with van der Waals surface area (Å²) in [6, 6.07) is 19.1. The van der Waals surface area contributed by atoms with E-state index in [0.717, 1.165) is 72.0 Å². The van der Waals surface area contributed by atoms with Gasteiger partial charge in [0.05, 0.1) is 0 Å². The van der Waals surface area contributed by atoms with Crippen LogP contribution in [-0.2, 0) is 124 Å². The number of alkyl halides is 6. The molecular weight excluding hydrogens is 795 g/mol. The zero-order valence-corrected chi connectivity index (χ0v) is 32.1. The third kappa shape index (κ3) is 12.2. The van der Waals surface area contributed by atoms with E-state index in [2.05, 4.69) is 33.4 Å². The Kier molecular flexibility index (Phi) is 19.2. The average molecular weight is 823 g/mol. The van der Waals surface area contributed by atoms with E-state index < -0.39 is 19.3 Å². The standard InChI is InChI=1S/C11H12F2N.C10H10F2N.C10H6F2N.3Y/c1-14-5-4-8-6-9(11(12)13)2-3-10(8)7-14;2*11-10(12)8-1-2-9-6-13-4-3-7(9)5-8;;;/h2,6,11H,4-5,7H2,1H3;1,5,10,13H,3-4,6H2;1,3-6,10H;;;/q3*-1;;;. The van der Waals surface area contributed by atoms with Crippen molar-refractivity contribution < 1.29 is 124 Å². The summed E-state index contributed by atoms with van der Waals surface area (Å²) in [6.45, 7) is 3.37. The monoisotopic (exact) mass is 823 g/mol. The number of benzene rings is 3. The van der Waals surface area contributed by atoms with Gasteiger partial charge in [0.25, 0.3) is 0 Å². The molecule has 1 N–H and O–H groups in total. The first-order valence-corrected chi connectivity index (χ1v) is 12.8. The Morgan fingerprint density at radius 3 is 1.95 bits per heavy atom. The minimum absolute atomic E-state index is 0. The fourth-order valence-electron chi connectivity index (χ4n) is 4.45. The van der Waals surface area contributed by atoms with Gasteiger partial charge in [-0.15, -0.1) is 51.2 Å². The van der Waals surface area contributed by atoms with Crippen molar-refractivity contribution >= 4 is 10.8 Å². The van der Waals surface area contributed by atoms with Crippen LogP contribution in [0.25, 0.3) is 10.8 Å². The SMILES string of the molecule is CN1CCc2cc(C(F)F)c[c-]c2C1.FC(F)c1c[c-]c2c(c1)CCNC2.FC(F)c1c[c-]c2cnccc2c1.[Y].[Y].[Y]. The normalized spacial score (nSPS) is 13.7. The Balaban J connectivity index is 0.000000312. The van der Waals surface area contributed by atoms with E-state index in [-0.39, 0.29) is 115 Å². The van der Waals surface area contributed by atoms with Crippen molar-refractivity contribution in [2.45, 2.75) is 45.2 Å². The Bertz CT molecular complexity index is 1420. The zero-order chi connectivity index (χ0) is 28.6. The van der Waals surface area contributed by atoms with Gasteiger partial charge in [-0.25, -0.2) is 26.3 Å². The van der Waals surface area contributed by atoms with Crippen molar-refractivity contribution in [3.8, 4) is 0 Å². The first-order chi connectivity index (χ1) is 19.2. The Morgan fingerprint density at radius 1 is 0.767 bits per heavy atom. The van der Waals surface area contributed by atoms with Crippen LogP contribution in [-0.4, -0.2) is 30.0 Å². The van der Waals surface area contributed by atoms with Crippen molar-refractivity contribution in [1.29, 1.82) is 0 Å². The summed E-state index contributed by atoms with van der Waals surface area (Å²) in [7, 11) is 2.03. The number of nitrogens with one attached hydrogen (secondary N) is 1. The second-order valence-electron chi connectivity index (χ2n) is 9.59. The number of rotatable bonds is 3. The molecule has 3 aromatic carbocycles. The molecule has 3 heterocycles. The maximum atomic E-state index is 12.4. The van der Waals surface area contributed by atoms with E-state index in [9.17, 15) is 26.3 Å². The molecule has 0 fully saturated rings. The van der Waals surface area contributed by atoms with E-state index in [1.807, 2.05) is 7.05 Å². The topological polar surface area (TPSA) is 28.2 Å². The van der Waals surface area contributed by atoms with Gasteiger partial charge in [0.1, 0.15) is 0 Å². The molecule has 0 saturated carbocycles.